The Bertz CT molecular complexity index is 190. The average Bonchev–Trinajstić information content (AvgIpc) is 2.46. The van der Waals surface area contributed by atoms with Gasteiger partial charge >= 0.3 is 0 Å². The molecule has 0 aromatic carbocycles. The topological polar surface area (TPSA) is 3.24 Å². The van der Waals surface area contributed by atoms with E-state index in [0.29, 0.717) is 0 Å². The number of hydrogen-bond donors (Lipinski definition) is 0. The number of rotatable bonds is 1. The molecule has 0 unspecified atom stereocenters. The van der Waals surface area contributed by atoms with Crippen LogP contribution in [-0.2, 0) is 0 Å². The van der Waals surface area contributed by atoms with E-state index in [1.807, 2.05) is 0 Å². The van der Waals surface area contributed by atoms with E-state index in [2.05, 4.69) is 18.9 Å². The molecule has 0 radical (unpaired) electrons. The highest BCUT2D eigenvalue weighted by Gasteiger charge is 2.29. The number of nitrogens with zero attached hydrogens (tertiary/aromatic N) is 1. The van der Waals surface area contributed by atoms with Crippen molar-refractivity contribution in [3.8, 4) is 0 Å². The summed E-state index contributed by atoms with van der Waals surface area (Å²) in [5.74, 6) is 0. The van der Waals surface area contributed by atoms with Crippen LogP contribution in [0.25, 0.3) is 0 Å². The maximum Gasteiger partial charge on any atom is 0.231 e. The van der Waals surface area contributed by atoms with Crippen molar-refractivity contribution in [1.82, 2.24) is 4.81 Å². The second kappa shape index (κ2) is 3.25. The van der Waals surface area contributed by atoms with E-state index >= 15 is 0 Å². The third kappa shape index (κ3) is 1.45. The van der Waals surface area contributed by atoms with E-state index in [-0.39, 0.29) is 0 Å². The highest BCUT2D eigenvalue weighted by atomic mass is 15.0. The monoisotopic (exact) mass is 163 g/mol. The molecule has 2 heteroatoms. The molecule has 2 aliphatic rings. The third-order valence-electron chi connectivity index (χ3n) is 3.40. The lowest BCUT2D eigenvalue weighted by molar-refractivity contribution is 0.640. The van der Waals surface area contributed by atoms with Gasteiger partial charge in [0.25, 0.3) is 0 Å². The zero-order valence-electron chi connectivity index (χ0n) is 8.27. The minimum Gasteiger partial charge on any atom is -0.347 e. The van der Waals surface area contributed by atoms with Crippen molar-refractivity contribution < 1.29 is 0 Å². The molecular weight excluding hydrogens is 145 g/mol. The van der Waals surface area contributed by atoms with Gasteiger partial charge in [0, 0.05) is 0 Å². The summed E-state index contributed by atoms with van der Waals surface area (Å²) in [5.41, 5.74) is 3.61. The number of allylic oxidation sites excluding steroid dienone is 2. The Hall–Kier alpha value is -0.235. The summed E-state index contributed by atoms with van der Waals surface area (Å²) in [7, 11) is 4.42. The molecule has 0 saturated heterocycles. The molecule has 0 bridgehead atoms. The Kier molecular flexibility index (Phi) is 2.27. The van der Waals surface area contributed by atoms with Crippen LogP contribution in [0.2, 0.25) is 12.6 Å². The molecule has 0 aromatic heterocycles. The van der Waals surface area contributed by atoms with Crippen LogP contribution in [0.1, 0.15) is 25.7 Å². The maximum absolute atomic E-state index is 2.39. The van der Waals surface area contributed by atoms with Gasteiger partial charge in [0.1, 0.15) is 0 Å². The van der Waals surface area contributed by atoms with E-state index in [0.717, 1.165) is 6.85 Å². The van der Waals surface area contributed by atoms with Crippen LogP contribution in [0, 0.1) is 0 Å². The van der Waals surface area contributed by atoms with Crippen molar-refractivity contribution in [3.05, 3.63) is 11.1 Å². The van der Waals surface area contributed by atoms with Crippen LogP contribution in [-0.4, -0.2) is 25.8 Å². The van der Waals surface area contributed by atoms with Crippen molar-refractivity contribution in [3.63, 3.8) is 0 Å². The Morgan fingerprint density at radius 2 is 1.50 bits per heavy atom. The van der Waals surface area contributed by atoms with E-state index in [1.165, 1.54) is 38.3 Å². The molecule has 0 spiro atoms. The SMILES string of the molecule is CN(C)B1CC2=C(CCCC2)C1. The van der Waals surface area contributed by atoms with Crippen molar-refractivity contribution in [2.24, 2.45) is 0 Å². The fourth-order valence-corrected chi connectivity index (χ4v) is 2.53. The molecule has 66 valence electrons. The van der Waals surface area contributed by atoms with Crippen LogP contribution >= 0.6 is 0 Å². The predicted molar refractivity (Wildman–Crippen MR) is 54.5 cm³/mol. The molecule has 0 N–H and O–H groups in total. The zero-order valence-corrected chi connectivity index (χ0v) is 8.27. The molecule has 0 amide bonds. The summed E-state index contributed by atoms with van der Waals surface area (Å²) < 4.78 is 0. The summed E-state index contributed by atoms with van der Waals surface area (Å²) in [5, 5.41) is 0. The summed E-state index contributed by atoms with van der Waals surface area (Å²) in [4.78, 5) is 2.39. The van der Waals surface area contributed by atoms with E-state index in [9.17, 15) is 0 Å². The van der Waals surface area contributed by atoms with Gasteiger partial charge in [0.05, 0.1) is 0 Å². The normalized spacial score (nSPS) is 23.8. The maximum atomic E-state index is 2.39. The summed E-state index contributed by atoms with van der Waals surface area (Å²) in [6.07, 6.45) is 8.42. The zero-order chi connectivity index (χ0) is 8.55. The largest absolute Gasteiger partial charge is 0.347 e. The molecule has 0 aromatic rings. The molecular formula is C10H18BN. The van der Waals surface area contributed by atoms with Crippen molar-refractivity contribution in [1.29, 1.82) is 0 Å². The average molecular weight is 163 g/mol. The van der Waals surface area contributed by atoms with Crippen LogP contribution in [0.4, 0.5) is 0 Å². The van der Waals surface area contributed by atoms with E-state index in [1.54, 1.807) is 11.1 Å². The van der Waals surface area contributed by atoms with Crippen molar-refractivity contribution in [2.45, 2.75) is 38.3 Å². The lowest BCUT2D eigenvalue weighted by Crippen LogP contribution is -2.29. The first-order valence-electron chi connectivity index (χ1n) is 5.13. The lowest BCUT2D eigenvalue weighted by atomic mass is 9.57. The van der Waals surface area contributed by atoms with Gasteiger partial charge in [0.2, 0.25) is 6.85 Å². The minimum absolute atomic E-state index is 0.827. The van der Waals surface area contributed by atoms with Crippen molar-refractivity contribution >= 4 is 6.85 Å². The first-order valence-corrected chi connectivity index (χ1v) is 5.13. The van der Waals surface area contributed by atoms with E-state index < -0.39 is 0 Å². The highest BCUT2D eigenvalue weighted by molar-refractivity contribution is 6.58. The van der Waals surface area contributed by atoms with Gasteiger partial charge in [-0.15, -0.1) is 0 Å². The van der Waals surface area contributed by atoms with Crippen LogP contribution < -0.4 is 0 Å². The molecule has 0 atom stereocenters. The molecule has 0 fully saturated rings. The smallest absolute Gasteiger partial charge is 0.231 e. The molecule has 1 aliphatic carbocycles. The van der Waals surface area contributed by atoms with Crippen LogP contribution in [0.3, 0.4) is 0 Å². The molecule has 2 rings (SSSR count). The van der Waals surface area contributed by atoms with Gasteiger partial charge in [-0.05, 0) is 52.4 Å². The Labute approximate surface area is 75.9 Å². The van der Waals surface area contributed by atoms with Crippen LogP contribution in [0.5, 0.6) is 0 Å². The predicted octanol–water partition coefficient (Wildman–Crippen LogP) is 2.42. The van der Waals surface area contributed by atoms with Gasteiger partial charge in [0.15, 0.2) is 0 Å². The summed E-state index contributed by atoms with van der Waals surface area (Å²) in [6.45, 7) is 0.827. The Balaban J connectivity index is 2.02. The molecule has 1 nitrogen and oxygen atoms in total. The second-order valence-electron chi connectivity index (χ2n) is 4.44. The molecule has 12 heavy (non-hydrogen) atoms. The van der Waals surface area contributed by atoms with Gasteiger partial charge in [-0.25, -0.2) is 0 Å². The van der Waals surface area contributed by atoms with Gasteiger partial charge < -0.3 is 4.81 Å². The first kappa shape index (κ1) is 8.37. The van der Waals surface area contributed by atoms with Gasteiger partial charge in [-0.1, -0.05) is 11.1 Å². The summed E-state index contributed by atoms with van der Waals surface area (Å²) >= 11 is 0. The molecule has 0 saturated carbocycles. The number of hydrogen-bond acceptors (Lipinski definition) is 1. The Morgan fingerprint density at radius 1 is 1.00 bits per heavy atom. The van der Waals surface area contributed by atoms with Crippen LogP contribution in [0.15, 0.2) is 11.1 Å². The first-order chi connectivity index (χ1) is 5.77. The quantitative estimate of drug-likeness (QED) is 0.423. The van der Waals surface area contributed by atoms with Crippen molar-refractivity contribution in [2.75, 3.05) is 14.1 Å². The fraction of sp³-hybridized carbons (Fsp3) is 0.800. The fourth-order valence-electron chi connectivity index (χ4n) is 2.53. The molecule has 1 aliphatic heterocycles. The third-order valence-corrected chi connectivity index (χ3v) is 3.40. The minimum atomic E-state index is 0.827. The molecule has 1 heterocycles. The van der Waals surface area contributed by atoms with Gasteiger partial charge in [-0.2, -0.15) is 0 Å². The standard InChI is InChI=1S/C10H18BN/c1-12(2)11-7-9-5-3-4-6-10(9)8-11/h3-8H2,1-2H3. The Morgan fingerprint density at radius 3 is 1.92 bits per heavy atom. The highest BCUT2D eigenvalue weighted by Crippen LogP contribution is 2.38. The second-order valence-corrected chi connectivity index (χ2v) is 4.44. The van der Waals surface area contributed by atoms with Gasteiger partial charge in [-0.3, -0.25) is 0 Å². The summed E-state index contributed by atoms with van der Waals surface area (Å²) in [6, 6.07) is 0. The lowest BCUT2D eigenvalue weighted by Gasteiger charge is -2.14. The van der Waals surface area contributed by atoms with E-state index in [4.69, 9.17) is 0 Å².